The summed E-state index contributed by atoms with van der Waals surface area (Å²) in [6.07, 6.45) is 1.60. The van der Waals surface area contributed by atoms with Gasteiger partial charge < -0.3 is 11.1 Å². The van der Waals surface area contributed by atoms with E-state index in [9.17, 15) is 14.9 Å². The summed E-state index contributed by atoms with van der Waals surface area (Å²) < 4.78 is 0. The van der Waals surface area contributed by atoms with Crippen LogP contribution in [0.4, 0.5) is 5.69 Å². The number of hydrogen-bond donors (Lipinski definition) is 2. The summed E-state index contributed by atoms with van der Waals surface area (Å²) in [5.41, 5.74) is 5.27. The molecule has 0 saturated carbocycles. The fourth-order valence-corrected chi connectivity index (χ4v) is 1.55. The van der Waals surface area contributed by atoms with Gasteiger partial charge in [-0.25, -0.2) is 0 Å². The van der Waals surface area contributed by atoms with E-state index in [1.807, 2.05) is 0 Å². The van der Waals surface area contributed by atoms with Gasteiger partial charge in [-0.05, 0) is 31.5 Å². The predicted octanol–water partition coefficient (Wildman–Crippen LogP) is 1.72. The average molecular weight is 272 g/mol. The van der Waals surface area contributed by atoms with Crippen LogP contribution < -0.4 is 11.1 Å². The number of nitrogens with two attached hydrogens (primary N) is 1. The van der Waals surface area contributed by atoms with Gasteiger partial charge >= 0.3 is 0 Å². The van der Waals surface area contributed by atoms with Gasteiger partial charge in [-0.2, -0.15) is 0 Å². The molecule has 1 aromatic carbocycles. The summed E-state index contributed by atoms with van der Waals surface area (Å²) >= 11 is 5.65. The Labute approximate surface area is 109 Å². The van der Waals surface area contributed by atoms with Crippen LogP contribution in [0.1, 0.15) is 23.2 Å². The molecule has 0 saturated heterocycles. The fraction of sp³-hybridized carbons (Fsp3) is 0.364. The Morgan fingerprint density at radius 1 is 1.44 bits per heavy atom. The predicted molar refractivity (Wildman–Crippen MR) is 68.7 cm³/mol. The molecular formula is C11H14ClN3O3. The van der Waals surface area contributed by atoms with Crippen LogP contribution in [0.25, 0.3) is 0 Å². The van der Waals surface area contributed by atoms with Crippen LogP contribution in [0.3, 0.4) is 0 Å². The van der Waals surface area contributed by atoms with Gasteiger partial charge in [0, 0.05) is 18.2 Å². The molecule has 18 heavy (non-hydrogen) atoms. The third-order valence-corrected chi connectivity index (χ3v) is 2.64. The summed E-state index contributed by atoms with van der Waals surface area (Å²) in [5.74, 6) is -0.355. The highest BCUT2D eigenvalue weighted by Gasteiger charge is 2.15. The van der Waals surface area contributed by atoms with Gasteiger partial charge in [-0.1, -0.05) is 11.6 Å². The lowest BCUT2D eigenvalue weighted by Crippen LogP contribution is -2.24. The number of hydrogen-bond acceptors (Lipinski definition) is 4. The Hall–Kier alpha value is -1.66. The fourth-order valence-electron chi connectivity index (χ4n) is 1.37. The number of carbonyl (C=O) groups excluding carboxylic acids is 1. The monoisotopic (exact) mass is 271 g/mol. The third-order valence-electron chi connectivity index (χ3n) is 2.32. The van der Waals surface area contributed by atoms with Gasteiger partial charge in [-0.15, -0.1) is 0 Å². The van der Waals surface area contributed by atoms with Crippen molar-refractivity contribution in [2.45, 2.75) is 12.8 Å². The quantitative estimate of drug-likeness (QED) is 0.467. The van der Waals surface area contributed by atoms with Gasteiger partial charge in [0.2, 0.25) is 0 Å². The second-order valence-corrected chi connectivity index (χ2v) is 4.08. The Kier molecular flexibility index (Phi) is 5.54. The van der Waals surface area contributed by atoms with Gasteiger partial charge in [0.1, 0.15) is 5.02 Å². The molecule has 0 aliphatic carbocycles. The minimum Gasteiger partial charge on any atom is -0.352 e. The van der Waals surface area contributed by atoms with E-state index in [1.165, 1.54) is 18.2 Å². The lowest BCUT2D eigenvalue weighted by molar-refractivity contribution is -0.384. The van der Waals surface area contributed by atoms with Crippen LogP contribution in [0.5, 0.6) is 0 Å². The molecule has 1 aromatic rings. The highest BCUT2D eigenvalue weighted by Crippen LogP contribution is 2.24. The van der Waals surface area contributed by atoms with E-state index in [2.05, 4.69) is 5.32 Å². The van der Waals surface area contributed by atoms with Crippen molar-refractivity contribution in [2.75, 3.05) is 13.1 Å². The minimum atomic E-state index is -0.618. The van der Waals surface area contributed by atoms with Crippen LogP contribution in [0, 0.1) is 10.1 Å². The van der Waals surface area contributed by atoms with E-state index in [-0.39, 0.29) is 22.2 Å². The summed E-state index contributed by atoms with van der Waals surface area (Å²) in [6, 6.07) is 3.96. The zero-order chi connectivity index (χ0) is 13.5. The maximum Gasteiger partial charge on any atom is 0.288 e. The normalized spacial score (nSPS) is 10.1. The number of amides is 1. The second-order valence-electron chi connectivity index (χ2n) is 3.67. The number of unbranched alkanes of at least 4 members (excludes halogenated alkanes) is 1. The maximum absolute atomic E-state index is 11.7. The van der Waals surface area contributed by atoms with E-state index >= 15 is 0 Å². The van der Waals surface area contributed by atoms with Gasteiger partial charge in [0.25, 0.3) is 11.6 Å². The number of nitro benzene ring substituents is 1. The zero-order valence-corrected chi connectivity index (χ0v) is 10.4. The molecule has 0 aliphatic heterocycles. The Balaban J connectivity index is 2.68. The SMILES string of the molecule is NCCCCNC(=O)c1ccc(Cl)c([N+](=O)[O-])c1. The summed E-state index contributed by atoms with van der Waals surface area (Å²) in [6.45, 7) is 1.06. The minimum absolute atomic E-state index is 0.0136. The largest absolute Gasteiger partial charge is 0.352 e. The lowest BCUT2D eigenvalue weighted by Gasteiger charge is -2.05. The first-order valence-corrected chi connectivity index (χ1v) is 5.86. The number of benzene rings is 1. The van der Waals surface area contributed by atoms with Crippen molar-refractivity contribution in [1.29, 1.82) is 0 Å². The highest BCUT2D eigenvalue weighted by molar-refractivity contribution is 6.32. The third kappa shape index (κ3) is 3.97. The Morgan fingerprint density at radius 2 is 2.17 bits per heavy atom. The first-order valence-electron chi connectivity index (χ1n) is 5.48. The number of halogens is 1. The van der Waals surface area contributed by atoms with Crippen molar-refractivity contribution in [3.8, 4) is 0 Å². The molecule has 1 amide bonds. The standard InChI is InChI=1S/C11H14ClN3O3/c12-9-4-3-8(7-10(9)15(17)18)11(16)14-6-2-1-5-13/h3-4,7H,1-2,5-6,13H2,(H,14,16). The second kappa shape index (κ2) is 6.93. The average Bonchev–Trinajstić information content (AvgIpc) is 2.34. The van der Waals surface area contributed by atoms with E-state index < -0.39 is 4.92 Å². The molecule has 0 heterocycles. The van der Waals surface area contributed by atoms with E-state index in [0.717, 1.165) is 12.8 Å². The molecule has 0 atom stereocenters. The van der Waals surface area contributed by atoms with Crippen LogP contribution in [0.2, 0.25) is 5.02 Å². The molecule has 0 aromatic heterocycles. The van der Waals surface area contributed by atoms with Gasteiger partial charge in [0.05, 0.1) is 4.92 Å². The molecule has 0 aliphatic rings. The Morgan fingerprint density at radius 3 is 2.78 bits per heavy atom. The molecule has 3 N–H and O–H groups in total. The summed E-state index contributed by atoms with van der Waals surface area (Å²) in [4.78, 5) is 21.7. The molecule has 0 spiro atoms. The molecule has 0 fully saturated rings. The summed E-state index contributed by atoms with van der Waals surface area (Å²) in [7, 11) is 0. The number of nitrogens with zero attached hydrogens (tertiary/aromatic N) is 1. The van der Waals surface area contributed by atoms with Crippen molar-refractivity contribution in [2.24, 2.45) is 5.73 Å². The number of rotatable bonds is 6. The molecule has 98 valence electrons. The molecule has 0 unspecified atom stereocenters. The van der Waals surface area contributed by atoms with Crippen molar-refractivity contribution >= 4 is 23.2 Å². The van der Waals surface area contributed by atoms with Crippen molar-refractivity contribution < 1.29 is 9.72 Å². The first kappa shape index (κ1) is 14.4. The first-order chi connectivity index (χ1) is 8.56. The number of nitro groups is 1. The van der Waals surface area contributed by atoms with Gasteiger partial charge in [0.15, 0.2) is 0 Å². The number of nitrogens with one attached hydrogen (secondary N) is 1. The van der Waals surface area contributed by atoms with Crippen molar-refractivity contribution in [3.05, 3.63) is 38.9 Å². The Bertz CT molecular complexity index is 451. The molecule has 1 rings (SSSR count). The maximum atomic E-state index is 11.7. The zero-order valence-electron chi connectivity index (χ0n) is 9.69. The van der Waals surface area contributed by atoms with E-state index in [0.29, 0.717) is 13.1 Å². The van der Waals surface area contributed by atoms with Crippen molar-refractivity contribution in [1.82, 2.24) is 5.32 Å². The van der Waals surface area contributed by atoms with Crippen LogP contribution in [0.15, 0.2) is 18.2 Å². The van der Waals surface area contributed by atoms with Gasteiger partial charge in [-0.3, -0.25) is 14.9 Å². The number of carbonyl (C=O) groups is 1. The molecule has 0 radical (unpaired) electrons. The smallest absolute Gasteiger partial charge is 0.288 e. The van der Waals surface area contributed by atoms with Crippen molar-refractivity contribution in [3.63, 3.8) is 0 Å². The lowest BCUT2D eigenvalue weighted by atomic mass is 10.2. The van der Waals surface area contributed by atoms with E-state index in [1.54, 1.807) is 0 Å². The van der Waals surface area contributed by atoms with Crippen LogP contribution in [-0.2, 0) is 0 Å². The van der Waals surface area contributed by atoms with E-state index in [4.69, 9.17) is 17.3 Å². The molecular weight excluding hydrogens is 258 g/mol. The molecule has 0 bridgehead atoms. The molecule has 7 heteroatoms. The highest BCUT2D eigenvalue weighted by atomic mass is 35.5. The molecule has 6 nitrogen and oxygen atoms in total. The van der Waals surface area contributed by atoms with Crippen LogP contribution >= 0.6 is 11.6 Å². The summed E-state index contributed by atoms with van der Waals surface area (Å²) in [5, 5.41) is 13.3. The topological polar surface area (TPSA) is 98.3 Å². The van der Waals surface area contributed by atoms with Crippen LogP contribution in [-0.4, -0.2) is 23.9 Å².